The Balaban J connectivity index is 0. The van der Waals surface area contributed by atoms with Crippen LogP contribution in [0.15, 0.2) is 12.2 Å². The van der Waals surface area contributed by atoms with E-state index in [1.54, 1.807) is 11.9 Å². The topological polar surface area (TPSA) is 77.5 Å². The predicted molar refractivity (Wildman–Crippen MR) is 139 cm³/mol. The number of carbonyl (C=O) groups is 1. The first-order valence-corrected chi connectivity index (χ1v) is 15.3. The number of nitrogens with zero attached hydrogens (tertiary/aromatic N) is 1. The standard InChI is InChI=1S/C27H53NO4S.Na/c1-3-4-5-6-7-8-9-10-11-12-13-14-15-16-17-18-19-20-21-24-27(29)28(2)25-22-23-26-33(30,31)32;/h12-13H,3-11,14-26H2,1-2H3,(H,30,31,32);/q;+1/p-1/b13-12+;. The Bertz CT molecular complexity index is 581. The van der Waals surface area contributed by atoms with Gasteiger partial charge in [-0.3, -0.25) is 4.79 Å². The average Bonchev–Trinajstić information content (AvgIpc) is 2.77. The van der Waals surface area contributed by atoms with Gasteiger partial charge in [0.2, 0.25) is 5.91 Å². The van der Waals surface area contributed by atoms with E-state index in [4.69, 9.17) is 0 Å². The molecule has 0 saturated carbocycles. The zero-order valence-electron chi connectivity index (χ0n) is 22.7. The molecule has 0 atom stereocenters. The van der Waals surface area contributed by atoms with Gasteiger partial charge in [-0.1, -0.05) is 96.1 Å². The molecule has 0 fully saturated rings. The summed E-state index contributed by atoms with van der Waals surface area (Å²) in [5.74, 6) is -0.233. The number of hydrogen-bond acceptors (Lipinski definition) is 4. The molecule has 0 saturated heterocycles. The van der Waals surface area contributed by atoms with E-state index < -0.39 is 10.1 Å². The van der Waals surface area contributed by atoms with E-state index in [1.165, 1.54) is 96.3 Å². The molecular weight excluding hydrogens is 457 g/mol. The molecule has 0 radical (unpaired) electrons. The number of allylic oxidation sites excluding steroid dienone is 2. The van der Waals surface area contributed by atoms with Crippen molar-refractivity contribution < 1.29 is 47.3 Å². The maximum Gasteiger partial charge on any atom is 1.00 e. The van der Waals surface area contributed by atoms with Crippen LogP contribution in [0.2, 0.25) is 0 Å². The fourth-order valence-corrected chi connectivity index (χ4v) is 4.56. The van der Waals surface area contributed by atoms with Gasteiger partial charge in [-0.15, -0.1) is 0 Å². The summed E-state index contributed by atoms with van der Waals surface area (Å²) in [6, 6.07) is 0. The number of unbranched alkanes of at least 4 members (excludes halogenated alkanes) is 16. The van der Waals surface area contributed by atoms with Crippen molar-refractivity contribution in [1.82, 2.24) is 4.90 Å². The molecule has 0 rings (SSSR count). The third kappa shape index (κ3) is 28.4. The number of amides is 1. The summed E-state index contributed by atoms with van der Waals surface area (Å²) in [7, 11) is -2.39. The van der Waals surface area contributed by atoms with E-state index >= 15 is 0 Å². The Morgan fingerprint density at radius 2 is 1.15 bits per heavy atom. The van der Waals surface area contributed by atoms with Crippen molar-refractivity contribution in [2.24, 2.45) is 0 Å². The summed E-state index contributed by atoms with van der Waals surface area (Å²) in [6.07, 6.45) is 28.0. The van der Waals surface area contributed by atoms with E-state index in [0.29, 0.717) is 25.8 Å². The minimum absolute atomic E-state index is 0. The van der Waals surface area contributed by atoms with Crippen molar-refractivity contribution in [2.75, 3.05) is 19.3 Å². The summed E-state index contributed by atoms with van der Waals surface area (Å²) in [5.41, 5.74) is 0. The third-order valence-electron chi connectivity index (χ3n) is 6.22. The summed E-state index contributed by atoms with van der Waals surface area (Å²) in [4.78, 5) is 13.7. The van der Waals surface area contributed by atoms with Crippen molar-refractivity contribution in [2.45, 2.75) is 135 Å². The van der Waals surface area contributed by atoms with Crippen molar-refractivity contribution in [1.29, 1.82) is 0 Å². The van der Waals surface area contributed by atoms with E-state index in [2.05, 4.69) is 19.1 Å². The molecule has 0 aromatic heterocycles. The van der Waals surface area contributed by atoms with Gasteiger partial charge < -0.3 is 9.45 Å². The summed E-state index contributed by atoms with van der Waals surface area (Å²) in [6.45, 7) is 2.79. The molecule has 0 spiro atoms. The van der Waals surface area contributed by atoms with Gasteiger partial charge in [0.05, 0.1) is 10.1 Å². The Morgan fingerprint density at radius 1 is 0.706 bits per heavy atom. The van der Waals surface area contributed by atoms with Gasteiger partial charge in [0.15, 0.2) is 0 Å². The normalized spacial score (nSPS) is 11.6. The van der Waals surface area contributed by atoms with Crippen LogP contribution in [0.25, 0.3) is 0 Å². The molecule has 7 heteroatoms. The summed E-state index contributed by atoms with van der Waals surface area (Å²) < 4.78 is 31.7. The van der Waals surface area contributed by atoms with Crippen LogP contribution in [0, 0.1) is 0 Å². The van der Waals surface area contributed by atoms with Crippen LogP contribution < -0.4 is 29.6 Å². The van der Waals surface area contributed by atoms with Crippen molar-refractivity contribution in [3.05, 3.63) is 12.2 Å². The van der Waals surface area contributed by atoms with Crippen molar-refractivity contribution in [3.63, 3.8) is 0 Å². The maximum absolute atomic E-state index is 12.1. The average molecular weight is 510 g/mol. The molecule has 0 aromatic carbocycles. The molecule has 0 aromatic rings. The molecule has 0 aliphatic rings. The molecule has 0 bridgehead atoms. The molecule has 0 unspecified atom stereocenters. The van der Waals surface area contributed by atoms with Gasteiger partial charge >= 0.3 is 29.6 Å². The fraction of sp³-hybridized carbons (Fsp3) is 0.889. The van der Waals surface area contributed by atoms with Crippen molar-refractivity contribution >= 4 is 16.0 Å². The largest absolute Gasteiger partial charge is 1.00 e. The molecule has 34 heavy (non-hydrogen) atoms. The molecule has 0 heterocycles. The van der Waals surface area contributed by atoms with Gasteiger partial charge in [-0.25, -0.2) is 8.42 Å². The van der Waals surface area contributed by atoms with E-state index in [1.807, 2.05) is 0 Å². The number of hydrogen-bond donors (Lipinski definition) is 0. The first-order chi connectivity index (χ1) is 15.9. The second-order valence-corrected chi connectivity index (χ2v) is 11.1. The van der Waals surface area contributed by atoms with E-state index in [9.17, 15) is 17.8 Å². The molecule has 0 aliphatic heterocycles. The second-order valence-electron chi connectivity index (χ2n) is 9.53. The molecule has 196 valence electrons. The van der Waals surface area contributed by atoms with Crippen LogP contribution >= 0.6 is 0 Å². The van der Waals surface area contributed by atoms with Crippen LogP contribution in [0.1, 0.15) is 135 Å². The monoisotopic (exact) mass is 509 g/mol. The zero-order chi connectivity index (χ0) is 24.6. The van der Waals surface area contributed by atoms with Gasteiger partial charge in [0.1, 0.15) is 0 Å². The van der Waals surface area contributed by atoms with Crippen LogP contribution in [0.5, 0.6) is 0 Å². The van der Waals surface area contributed by atoms with Gasteiger partial charge in [0, 0.05) is 25.8 Å². The Labute approximate surface area is 234 Å². The van der Waals surface area contributed by atoms with Crippen LogP contribution in [0.3, 0.4) is 0 Å². The van der Waals surface area contributed by atoms with Gasteiger partial charge in [-0.05, 0) is 44.9 Å². The van der Waals surface area contributed by atoms with Crippen LogP contribution in [0.4, 0.5) is 0 Å². The van der Waals surface area contributed by atoms with E-state index in [-0.39, 0.29) is 41.2 Å². The maximum atomic E-state index is 12.1. The quantitative estimate of drug-likeness (QED) is 0.0838. The second kappa shape index (κ2) is 26.2. The molecule has 5 nitrogen and oxygen atoms in total. The smallest absolute Gasteiger partial charge is 0.748 e. The van der Waals surface area contributed by atoms with Crippen LogP contribution in [-0.4, -0.2) is 43.1 Å². The number of carbonyl (C=O) groups excluding carboxylic acids is 1. The first-order valence-electron chi connectivity index (χ1n) is 13.7. The Kier molecular flexibility index (Phi) is 27.9. The molecular formula is C27H52NNaO4S. The summed E-state index contributed by atoms with van der Waals surface area (Å²) >= 11 is 0. The first kappa shape index (κ1) is 36.3. The SMILES string of the molecule is CCCCCCCCCC/C=C/CCCCCCCCCC(=O)N(C)CCCCS(=O)(=O)[O-].[Na+]. The van der Waals surface area contributed by atoms with Crippen LogP contribution in [-0.2, 0) is 14.9 Å². The van der Waals surface area contributed by atoms with Gasteiger partial charge in [0.25, 0.3) is 0 Å². The predicted octanol–water partition coefficient (Wildman–Crippen LogP) is 4.37. The zero-order valence-corrected chi connectivity index (χ0v) is 25.5. The van der Waals surface area contributed by atoms with E-state index in [0.717, 1.165) is 12.8 Å². The minimum Gasteiger partial charge on any atom is -0.748 e. The summed E-state index contributed by atoms with van der Waals surface area (Å²) in [5, 5.41) is 0. The third-order valence-corrected chi connectivity index (χ3v) is 7.00. The van der Waals surface area contributed by atoms with Gasteiger partial charge in [-0.2, -0.15) is 0 Å². The van der Waals surface area contributed by atoms with Crippen molar-refractivity contribution in [3.8, 4) is 0 Å². The fourth-order valence-electron chi connectivity index (χ4n) is 4.00. The molecule has 0 N–H and O–H groups in total. The Hall–Kier alpha value is 0.120. The Morgan fingerprint density at radius 3 is 1.62 bits per heavy atom. The molecule has 0 aliphatic carbocycles. The minimum atomic E-state index is -4.14. The molecule has 1 amide bonds. The number of rotatable bonds is 24.